The van der Waals surface area contributed by atoms with Crippen molar-refractivity contribution in [3.8, 4) is 17.2 Å². The number of aromatic hydroxyl groups is 1. The van der Waals surface area contributed by atoms with Crippen LogP contribution in [0, 0.1) is 6.92 Å². The maximum Gasteiger partial charge on any atom is 0.227 e. The lowest BCUT2D eigenvalue weighted by Gasteiger charge is -1.98. The van der Waals surface area contributed by atoms with Crippen LogP contribution in [0.25, 0.3) is 34.7 Å². The van der Waals surface area contributed by atoms with Gasteiger partial charge in [0.25, 0.3) is 0 Å². The Hall–Kier alpha value is -3.33. The molecule has 0 bridgehead atoms. The molecule has 0 aliphatic rings. The van der Waals surface area contributed by atoms with Crippen molar-refractivity contribution < 1.29 is 9.52 Å². The summed E-state index contributed by atoms with van der Waals surface area (Å²) in [5, 5.41) is 9.31. The van der Waals surface area contributed by atoms with Gasteiger partial charge in [0, 0.05) is 5.56 Å². The van der Waals surface area contributed by atoms with Crippen LogP contribution in [-0.4, -0.2) is 10.1 Å². The number of hydrogen-bond donors (Lipinski definition) is 1. The molecule has 4 rings (SSSR count). The average molecular weight is 327 g/mol. The summed E-state index contributed by atoms with van der Waals surface area (Å²) in [6, 6.07) is 21.2. The molecular weight excluding hydrogens is 310 g/mol. The molecule has 0 aliphatic heterocycles. The van der Waals surface area contributed by atoms with Gasteiger partial charge in [0.1, 0.15) is 11.3 Å². The average Bonchev–Trinajstić information content (AvgIpc) is 3.05. The molecule has 3 nitrogen and oxygen atoms in total. The summed E-state index contributed by atoms with van der Waals surface area (Å²) in [5.74, 6) is 0.907. The van der Waals surface area contributed by atoms with E-state index in [1.165, 1.54) is 0 Å². The Bertz CT molecular complexity index is 1040. The quantitative estimate of drug-likeness (QED) is 0.492. The topological polar surface area (TPSA) is 46.3 Å². The third-order valence-electron chi connectivity index (χ3n) is 4.06. The summed E-state index contributed by atoms with van der Waals surface area (Å²) in [5.41, 5.74) is 5.92. The van der Waals surface area contributed by atoms with Crippen molar-refractivity contribution in [2.45, 2.75) is 6.92 Å². The van der Waals surface area contributed by atoms with Crippen molar-refractivity contribution >= 4 is 23.3 Å². The minimum Gasteiger partial charge on any atom is -0.508 e. The van der Waals surface area contributed by atoms with Crippen LogP contribution < -0.4 is 0 Å². The molecule has 0 unspecified atom stereocenters. The minimum absolute atomic E-state index is 0.273. The van der Waals surface area contributed by atoms with E-state index in [0.717, 1.165) is 33.4 Å². The number of nitrogens with zero attached hydrogens (tertiary/aromatic N) is 1. The predicted octanol–water partition coefficient (Wildman–Crippen LogP) is 5.68. The second-order valence-electron chi connectivity index (χ2n) is 6.04. The Morgan fingerprint density at radius 3 is 2.16 bits per heavy atom. The third kappa shape index (κ3) is 3.31. The molecule has 0 saturated carbocycles. The van der Waals surface area contributed by atoms with Crippen molar-refractivity contribution in [3.63, 3.8) is 0 Å². The molecule has 3 heteroatoms. The van der Waals surface area contributed by atoms with Crippen LogP contribution in [-0.2, 0) is 0 Å². The first-order valence-electron chi connectivity index (χ1n) is 8.12. The maximum absolute atomic E-state index is 9.31. The molecule has 0 spiro atoms. The number of phenolic OH excluding ortho intramolecular Hbond substituents is 1. The molecule has 1 N–H and O–H groups in total. The second kappa shape index (κ2) is 6.29. The van der Waals surface area contributed by atoms with Crippen LogP contribution in [0.3, 0.4) is 0 Å². The van der Waals surface area contributed by atoms with Crippen LogP contribution in [0.4, 0.5) is 0 Å². The number of aromatic nitrogens is 1. The fraction of sp³-hybridized carbons (Fsp3) is 0.0455. The summed E-state index contributed by atoms with van der Waals surface area (Å²) >= 11 is 0. The lowest BCUT2D eigenvalue weighted by Crippen LogP contribution is -1.78. The van der Waals surface area contributed by atoms with Gasteiger partial charge in [0.15, 0.2) is 5.58 Å². The molecule has 1 heterocycles. The lowest BCUT2D eigenvalue weighted by molar-refractivity contribution is 0.475. The largest absolute Gasteiger partial charge is 0.508 e. The summed E-state index contributed by atoms with van der Waals surface area (Å²) < 4.78 is 5.86. The van der Waals surface area contributed by atoms with E-state index in [1.807, 2.05) is 73.7 Å². The number of oxazole rings is 1. The van der Waals surface area contributed by atoms with E-state index in [1.54, 1.807) is 12.1 Å². The van der Waals surface area contributed by atoms with Crippen LogP contribution in [0.5, 0.6) is 5.75 Å². The van der Waals surface area contributed by atoms with Crippen molar-refractivity contribution in [2.24, 2.45) is 0 Å². The van der Waals surface area contributed by atoms with Crippen molar-refractivity contribution in [2.75, 3.05) is 0 Å². The molecule has 0 aliphatic carbocycles. The van der Waals surface area contributed by atoms with Gasteiger partial charge in [-0.15, -0.1) is 0 Å². The normalized spacial score (nSPS) is 11.4. The van der Waals surface area contributed by atoms with Crippen molar-refractivity contribution in [1.29, 1.82) is 0 Å². The van der Waals surface area contributed by atoms with Gasteiger partial charge in [0.2, 0.25) is 5.89 Å². The van der Waals surface area contributed by atoms with Crippen LogP contribution in [0.15, 0.2) is 71.1 Å². The molecule has 0 fully saturated rings. The molecule has 0 amide bonds. The number of hydrogen-bond acceptors (Lipinski definition) is 3. The van der Waals surface area contributed by atoms with E-state index < -0.39 is 0 Å². The van der Waals surface area contributed by atoms with E-state index >= 15 is 0 Å². The Labute approximate surface area is 145 Å². The molecule has 0 atom stereocenters. The van der Waals surface area contributed by atoms with Gasteiger partial charge in [-0.3, -0.25) is 0 Å². The highest BCUT2D eigenvalue weighted by molar-refractivity contribution is 5.77. The van der Waals surface area contributed by atoms with E-state index in [4.69, 9.17) is 4.42 Å². The van der Waals surface area contributed by atoms with Gasteiger partial charge >= 0.3 is 0 Å². The van der Waals surface area contributed by atoms with E-state index in [2.05, 4.69) is 4.98 Å². The zero-order chi connectivity index (χ0) is 17.2. The van der Waals surface area contributed by atoms with Crippen LogP contribution in [0.1, 0.15) is 16.7 Å². The van der Waals surface area contributed by atoms with E-state index in [0.29, 0.717) is 5.89 Å². The predicted molar refractivity (Wildman–Crippen MR) is 101 cm³/mol. The minimum atomic E-state index is 0.273. The summed E-state index contributed by atoms with van der Waals surface area (Å²) in [7, 11) is 0. The number of rotatable bonds is 3. The fourth-order valence-corrected chi connectivity index (χ4v) is 2.67. The molecule has 1 aromatic heterocycles. The molecule has 25 heavy (non-hydrogen) atoms. The van der Waals surface area contributed by atoms with Crippen LogP contribution >= 0.6 is 0 Å². The lowest BCUT2D eigenvalue weighted by atomic mass is 10.1. The monoisotopic (exact) mass is 327 g/mol. The molecule has 122 valence electrons. The van der Waals surface area contributed by atoms with Gasteiger partial charge in [-0.2, -0.15) is 0 Å². The summed E-state index contributed by atoms with van der Waals surface area (Å²) in [4.78, 5) is 4.55. The Balaban J connectivity index is 1.57. The Morgan fingerprint density at radius 2 is 1.48 bits per heavy atom. The Morgan fingerprint density at radius 1 is 0.840 bits per heavy atom. The number of benzene rings is 3. The van der Waals surface area contributed by atoms with Gasteiger partial charge in [-0.05, 0) is 60.0 Å². The highest BCUT2D eigenvalue weighted by Crippen LogP contribution is 2.25. The first-order chi connectivity index (χ1) is 12.2. The van der Waals surface area contributed by atoms with Gasteiger partial charge in [-0.1, -0.05) is 42.5 Å². The number of fused-ring (bicyclic) bond motifs is 1. The van der Waals surface area contributed by atoms with Gasteiger partial charge in [-0.25, -0.2) is 4.98 Å². The molecule has 0 radical (unpaired) electrons. The van der Waals surface area contributed by atoms with Gasteiger partial charge in [0.05, 0.1) is 0 Å². The second-order valence-corrected chi connectivity index (χ2v) is 6.04. The van der Waals surface area contributed by atoms with Crippen molar-refractivity contribution in [3.05, 3.63) is 83.4 Å². The highest BCUT2D eigenvalue weighted by Gasteiger charge is 2.07. The van der Waals surface area contributed by atoms with Crippen LogP contribution in [0.2, 0.25) is 0 Å². The van der Waals surface area contributed by atoms with E-state index in [-0.39, 0.29) is 5.75 Å². The molecule has 3 aromatic carbocycles. The van der Waals surface area contributed by atoms with E-state index in [9.17, 15) is 5.11 Å². The molecule has 0 saturated heterocycles. The first kappa shape index (κ1) is 15.2. The smallest absolute Gasteiger partial charge is 0.227 e. The first-order valence-corrected chi connectivity index (χ1v) is 8.12. The maximum atomic E-state index is 9.31. The summed E-state index contributed by atoms with van der Waals surface area (Å²) in [6.45, 7) is 2.04. The number of phenols is 1. The summed E-state index contributed by atoms with van der Waals surface area (Å²) in [6.07, 6.45) is 4.04. The molecule has 4 aromatic rings. The fourth-order valence-electron chi connectivity index (χ4n) is 2.67. The third-order valence-corrected chi connectivity index (χ3v) is 4.06. The zero-order valence-electron chi connectivity index (χ0n) is 13.8. The SMILES string of the molecule is Cc1ccc2nc(-c3ccc(/C=C/c4ccc(O)cc4)cc3)oc2c1. The van der Waals surface area contributed by atoms with Gasteiger partial charge < -0.3 is 9.52 Å². The Kier molecular flexibility index (Phi) is 3.82. The zero-order valence-corrected chi connectivity index (χ0v) is 13.8. The van der Waals surface area contributed by atoms with Crippen molar-refractivity contribution in [1.82, 2.24) is 4.98 Å². The highest BCUT2D eigenvalue weighted by atomic mass is 16.3. The molecular formula is C22H17NO2. The number of aryl methyl sites for hydroxylation is 1. The standard InChI is InChI=1S/C22H17NO2/c1-15-2-13-20-21(14-15)25-22(23-20)18-9-5-16(6-10-18)3-4-17-7-11-19(24)12-8-17/h2-14,24H,1H3/b4-3+.